The first-order valence-corrected chi connectivity index (χ1v) is 6.19. The highest BCUT2D eigenvalue weighted by atomic mass is 16.4. The molecule has 0 aliphatic heterocycles. The first-order valence-electron chi connectivity index (χ1n) is 6.19. The van der Waals surface area contributed by atoms with Gasteiger partial charge in [-0.1, -0.05) is 18.9 Å². The number of pyridine rings is 1. The molecule has 4 nitrogen and oxygen atoms in total. The third-order valence-corrected chi connectivity index (χ3v) is 3.35. The van der Waals surface area contributed by atoms with Gasteiger partial charge in [-0.2, -0.15) is 0 Å². The van der Waals surface area contributed by atoms with E-state index in [2.05, 4.69) is 16.8 Å². The molecule has 0 aromatic carbocycles. The molecule has 1 N–H and O–H groups in total. The molecule has 17 heavy (non-hydrogen) atoms. The molecule has 1 aliphatic carbocycles. The molecule has 4 heteroatoms. The summed E-state index contributed by atoms with van der Waals surface area (Å²) >= 11 is 0. The van der Waals surface area contributed by atoms with Crippen LogP contribution < -0.4 is 4.90 Å². The van der Waals surface area contributed by atoms with Crippen molar-refractivity contribution in [2.24, 2.45) is 0 Å². The van der Waals surface area contributed by atoms with Crippen LogP contribution >= 0.6 is 0 Å². The third-order valence-electron chi connectivity index (χ3n) is 3.35. The highest BCUT2D eigenvalue weighted by Gasteiger charge is 2.22. The minimum atomic E-state index is -0.964. The summed E-state index contributed by atoms with van der Waals surface area (Å²) in [7, 11) is 0. The van der Waals surface area contributed by atoms with Crippen LogP contribution in [-0.4, -0.2) is 28.6 Å². The van der Waals surface area contributed by atoms with Crippen molar-refractivity contribution in [2.45, 2.75) is 38.6 Å². The minimum Gasteiger partial charge on any atom is -0.477 e. The molecule has 1 saturated carbocycles. The molecule has 1 aromatic rings. The fourth-order valence-corrected chi connectivity index (χ4v) is 2.53. The molecule has 2 rings (SSSR count). The van der Waals surface area contributed by atoms with E-state index in [4.69, 9.17) is 5.11 Å². The Bertz CT molecular complexity index is 400. The van der Waals surface area contributed by atoms with E-state index in [0.29, 0.717) is 6.04 Å². The van der Waals surface area contributed by atoms with Gasteiger partial charge in [0.25, 0.3) is 0 Å². The first kappa shape index (κ1) is 11.9. The largest absolute Gasteiger partial charge is 0.477 e. The fraction of sp³-hybridized carbons (Fsp3) is 0.538. The van der Waals surface area contributed by atoms with Gasteiger partial charge in [-0.3, -0.25) is 0 Å². The van der Waals surface area contributed by atoms with Crippen molar-refractivity contribution < 1.29 is 9.90 Å². The van der Waals surface area contributed by atoms with Gasteiger partial charge >= 0.3 is 5.97 Å². The number of hydrogen-bond donors (Lipinski definition) is 1. The molecule has 0 radical (unpaired) electrons. The van der Waals surface area contributed by atoms with Gasteiger partial charge < -0.3 is 10.0 Å². The summed E-state index contributed by atoms with van der Waals surface area (Å²) in [5, 5.41) is 8.95. The predicted molar refractivity (Wildman–Crippen MR) is 66.5 cm³/mol. The van der Waals surface area contributed by atoms with Gasteiger partial charge in [0.15, 0.2) is 5.69 Å². The molecular weight excluding hydrogens is 216 g/mol. The second-order valence-corrected chi connectivity index (χ2v) is 4.41. The van der Waals surface area contributed by atoms with Crippen LogP contribution in [0.25, 0.3) is 0 Å². The Hall–Kier alpha value is -1.58. The lowest BCUT2D eigenvalue weighted by Crippen LogP contribution is -2.33. The summed E-state index contributed by atoms with van der Waals surface area (Å²) < 4.78 is 0. The lowest BCUT2D eigenvalue weighted by molar-refractivity contribution is 0.0690. The summed E-state index contributed by atoms with van der Waals surface area (Å²) in [4.78, 5) is 17.3. The number of anilines is 1. The molecule has 1 heterocycles. The van der Waals surface area contributed by atoms with Crippen LogP contribution in [0.5, 0.6) is 0 Å². The highest BCUT2D eigenvalue weighted by molar-refractivity contribution is 5.85. The molecule has 1 aromatic heterocycles. The van der Waals surface area contributed by atoms with Gasteiger partial charge in [0.2, 0.25) is 0 Å². The molecule has 0 amide bonds. The van der Waals surface area contributed by atoms with Crippen LogP contribution in [0.4, 0.5) is 5.82 Å². The molecule has 0 spiro atoms. The SMILES string of the molecule is CCN(c1cccc(C(=O)O)n1)C1CCCC1. The summed E-state index contributed by atoms with van der Waals surface area (Å²) in [6.45, 7) is 2.97. The van der Waals surface area contributed by atoms with Crippen LogP contribution in [-0.2, 0) is 0 Å². The van der Waals surface area contributed by atoms with E-state index < -0.39 is 5.97 Å². The summed E-state index contributed by atoms with van der Waals surface area (Å²) in [6, 6.07) is 5.72. The number of aromatic carboxylic acids is 1. The van der Waals surface area contributed by atoms with Crippen molar-refractivity contribution in [1.82, 2.24) is 4.98 Å². The molecule has 1 aliphatic rings. The molecular formula is C13H18N2O2. The van der Waals surface area contributed by atoms with Crippen molar-refractivity contribution >= 4 is 11.8 Å². The summed E-state index contributed by atoms with van der Waals surface area (Å²) in [5.41, 5.74) is 0.124. The van der Waals surface area contributed by atoms with Crippen LogP contribution in [0.2, 0.25) is 0 Å². The van der Waals surface area contributed by atoms with Gasteiger partial charge in [0.1, 0.15) is 5.82 Å². The predicted octanol–water partition coefficient (Wildman–Crippen LogP) is 2.55. The number of carboxylic acid groups (broad SMARTS) is 1. The average Bonchev–Trinajstić information content (AvgIpc) is 2.84. The lowest BCUT2D eigenvalue weighted by atomic mass is 10.2. The van der Waals surface area contributed by atoms with Crippen LogP contribution in [0.15, 0.2) is 18.2 Å². The van der Waals surface area contributed by atoms with Crippen molar-refractivity contribution in [3.8, 4) is 0 Å². The van der Waals surface area contributed by atoms with E-state index in [1.807, 2.05) is 6.07 Å². The van der Waals surface area contributed by atoms with Gasteiger partial charge in [-0.05, 0) is 31.9 Å². The van der Waals surface area contributed by atoms with Crippen molar-refractivity contribution in [2.75, 3.05) is 11.4 Å². The number of rotatable bonds is 4. The molecule has 0 saturated heterocycles. The van der Waals surface area contributed by atoms with E-state index >= 15 is 0 Å². The molecule has 0 bridgehead atoms. The Morgan fingerprint density at radius 1 is 1.47 bits per heavy atom. The maximum Gasteiger partial charge on any atom is 0.354 e. The van der Waals surface area contributed by atoms with Gasteiger partial charge in [0, 0.05) is 12.6 Å². The van der Waals surface area contributed by atoms with Gasteiger partial charge in [-0.25, -0.2) is 9.78 Å². The molecule has 0 unspecified atom stereocenters. The first-order chi connectivity index (χ1) is 8.22. The van der Waals surface area contributed by atoms with Gasteiger partial charge in [-0.15, -0.1) is 0 Å². The molecule has 1 fully saturated rings. The van der Waals surface area contributed by atoms with Crippen molar-refractivity contribution in [3.63, 3.8) is 0 Å². The van der Waals surface area contributed by atoms with Crippen LogP contribution in [0.3, 0.4) is 0 Å². The van der Waals surface area contributed by atoms with Gasteiger partial charge in [0.05, 0.1) is 0 Å². The van der Waals surface area contributed by atoms with Crippen molar-refractivity contribution in [3.05, 3.63) is 23.9 Å². The highest BCUT2D eigenvalue weighted by Crippen LogP contribution is 2.26. The normalized spacial score (nSPS) is 16.1. The van der Waals surface area contributed by atoms with Crippen LogP contribution in [0, 0.1) is 0 Å². The standard InChI is InChI=1S/C13H18N2O2/c1-2-15(10-6-3-4-7-10)12-9-5-8-11(14-12)13(16)17/h5,8-10H,2-4,6-7H2,1H3,(H,16,17). The Labute approximate surface area is 101 Å². The Morgan fingerprint density at radius 3 is 2.76 bits per heavy atom. The van der Waals surface area contributed by atoms with Crippen LogP contribution in [0.1, 0.15) is 43.1 Å². The number of carbonyl (C=O) groups is 1. The molecule has 92 valence electrons. The van der Waals surface area contributed by atoms with E-state index in [0.717, 1.165) is 12.4 Å². The lowest BCUT2D eigenvalue weighted by Gasteiger charge is -2.28. The zero-order valence-electron chi connectivity index (χ0n) is 10.1. The molecule has 0 atom stereocenters. The fourth-order valence-electron chi connectivity index (χ4n) is 2.53. The smallest absolute Gasteiger partial charge is 0.354 e. The number of nitrogens with zero attached hydrogens (tertiary/aromatic N) is 2. The number of aromatic nitrogens is 1. The van der Waals surface area contributed by atoms with E-state index in [-0.39, 0.29) is 5.69 Å². The van der Waals surface area contributed by atoms with Crippen molar-refractivity contribution in [1.29, 1.82) is 0 Å². The van der Waals surface area contributed by atoms with E-state index in [9.17, 15) is 4.79 Å². The maximum atomic E-state index is 10.9. The second kappa shape index (κ2) is 5.17. The summed E-state index contributed by atoms with van der Waals surface area (Å²) in [6.07, 6.45) is 4.90. The van der Waals surface area contributed by atoms with E-state index in [1.54, 1.807) is 6.07 Å². The topological polar surface area (TPSA) is 53.4 Å². The minimum absolute atomic E-state index is 0.124. The zero-order valence-corrected chi connectivity index (χ0v) is 10.1. The Morgan fingerprint density at radius 2 is 2.18 bits per heavy atom. The average molecular weight is 234 g/mol. The second-order valence-electron chi connectivity index (χ2n) is 4.41. The quantitative estimate of drug-likeness (QED) is 0.869. The monoisotopic (exact) mass is 234 g/mol. The van der Waals surface area contributed by atoms with E-state index in [1.165, 1.54) is 31.7 Å². The zero-order chi connectivity index (χ0) is 12.3. The maximum absolute atomic E-state index is 10.9. The number of hydrogen-bond acceptors (Lipinski definition) is 3. The Balaban J connectivity index is 2.23. The third kappa shape index (κ3) is 2.57. The number of carboxylic acids is 1. The summed E-state index contributed by atoms with van der Waals surface area (Å²) in [5.74, 6) is -0.173. The Kier molecular flexibility index (Phi) is 3.61.